The van der Waals surface area contributed by atoms with Gasteiger partial charge in [-0.05, 0) is 19.9 Å². The monoisotopic (exact) mass is 273 g/mol. The lowest BCUT2D eigenvalue weighted by molar-refractivity contribution is -0.384. The molecule has 98 valence electrons. The number of ether oxygens (including phenoxy) is 2. The van der Waals surface area contributed by atoms with Crippen LogP contribution in [-0.2, 0) is 9.53 Å². The van der Waals surface area contributed by atoms with Gasteiger partial charge in [-0.2, -0.15) is 0 Å². The van der Waals surface area contributed by atoms with Gasteiger partial charge in [-0.25, -0.2) is 4.79 Å². The number of nitro benzene ring substituents is 1. The van der Waals surface area contributed by atoms with Gasteiger partial charge in [0, 0.05) is 12.1 Å². The molecule has 0 aliphatic heterocycles. The van der Waals surface area contributed by atoms with Crippen molar-refractivity contribution >= 4 is 23.3 Å². The van der Waals surface area contributed by atoms with Gasteiger partial charge in [-0.3, -0.25) is 10.1 Å². The van der Waals surface area contributed by atoms with E-state index in [4.69, 9.17) is 21.1 Å². The molecule has 0 fully saturated rings. The fourth-order valence-electron chi connectivity index (χ4n) is 1.20. The second-order valence-electron chi connectivity index (χ2n) is 3.38. The van der Waals surface area contributed by atoms with Crippen molar-refractivity contribution in [3.05, 3.63) is 33.3 Å². The number of carbonyl (C=O) groups excluding carboxylic acids is 1. The smallest absolute Gasteiger partial charge is 0.347 e. The van der Waals surface area contributed by atoms with Gasteiger partial charge in [0.05, 0.1) is 16.6 Å². The maximum atomic E-state index is 11.3. The van der Waals surface area contributed by atoms with E-state index in [1.165, 1.54) is 19.1 Å². The van der Waals surface area contributed by atoms with E-state index in [0.717, 1.165) is 6.07 Å². The van der Waals surface area contributed by atoms with Crippen molar-refractivity contribution in [2.24, 2.45) is 0 Å². The number of rotatable bonds is 5. The first kappa shape index (κ1) is 14.2. The summed E-state index contributed by atoms with van der Waals surface area (Å²) in [4.78, 5) is 21.3. The van der Waals surface area contributed by atoms with E-state index in [-0.39, 0.29) is 23.1 Å². The third-order valence-corrected chi connectivity index (χ3v) is 2.34. The van der Waals surface area contributed by atoms with Crippen molar-refractivity contribution in [2.75, 3.05) is 6.61 Å². The number of nitro groups is 1. The van der Waals surface area contributed by atoms with Gasteiger partial charge in [0.25, 0.3) is 5.69 Å². The van der Waals surface area contributed by atoms with E-state index in [0.29, 0.717) is 0 Å². The average Bonchev–Trinajstić information content (AvgIpc) is 2.31. The van der Waals surface area contributed by atoms with Crippen LogP contribution in [0.3, 0.4) is 0 Å². The number of non-ortho nitro benzene ring substituents is 1. The molecule has 0 aromatic heterocycles. The van der Waals surface area contributed by atoms with Crippen LogP contribution in [0.5, 0.6) is 5.75 Å². The van der Waals surface area contributed by atoms with E-state index in [1.54, 1.807) is 6.92 Å². The van der Waals surface area contributed by atoms with Crippen LogP contribution < -0.4 is 4.74 Å². The molecule has 6 nitrogen and oxygen atoms in total. The van der Waals surface area contributed by atoms with Crippen molar-refractivity contribution in [2.45, 2.75) is 20.0 Å². The topological polar surface area (TPSA) is 78.7 Å². The minimum absolute atomic E-state index is 0.0698. The van der Waals surface area contributed by atoms with Crippen LogP contribution in [0.1, 0.15) is 13.8 Å². The Bertz CT molecular complexity index is 463. The van der Waals surface area contributed by atoms with E-state index in [1.807, 2.05) is 0 Å². The molecule has 1 aromatic carbocycles. The normalized spacial score (nSPS) is 11.7. The minimum atomic E-state index is -0.830. The standard InChI is InChI=1S/C11H12ClNO5/c1-3-17-11(14)7(2)18-10-5-4-8(13(15)16)6-9(10)12/h4-7H,3H2,1-2H3/t7-/m0/s1. The highest BCUT2D eigenvalue weighted by molar-refractivity contribution is 6.32. The van der Waals surface area contributed by atoms with Gasteiger partial charge in [-0.15, -0.1) is 0 Å². The first-order valence-electron chi connectivity index (χ1n) is 5.23. The predicted molar refractivity (Wildman–Crippen MR) is 64.8 cm³/mol. The fourth-order valence-corrected chi connectivity index (χ4v) is 1.42. The van der Waals surface area contributed by atoms with E-state index >= 15 is 0 Å². The Morgan fingerprint density at radius 3 is 2.72 bits per heavy atom. The number of esters is 1. The SMILES string of the molecule is CCOC(=O)[C@H](C)Oc1ccc([N+](=O)[O-])cc1Cl. The molecular weight excluding hydrogens is 262 g/mol. The molecule has 0 amide bonds. The Labute approximate surface area is 109 Å². The number of hydrogen-bond donors (Lipinski definition) is 0. The van der Waals surface area contributed by atoms with Crippen molar-refractivity contribution in [1.29, 1.82) is 0 Å². The van der Waals surface area contributed by atoms with Gasteiger partial charge in [-0.1, -0.05) is 11.6 Å². The van der Waals surface area contributed by atoms with Crippen molar-refractivity contribution in [3.63, 3.8) is 0 Å². The van der Waals surface area contributed by atoms with Crippen LogP contribution in [0.25, 0.3) is 0 Å². The van der Waals surface area contributed by atoms with Crippen LogP contribution in [0.2, 0.25) is 5.02 Å². The quantitative estimate of drug-likeness (QED) is 0.468. The summed E-state index contributed by atoms with van der Waals surface area (Å²) in [7, 11) is 0. The van der Waals surface area contributed by atoms with E-state index in [9.17, 15) is 14.9 Å². The second-order valence-corrected chi connectivity index (χ2v) is 3.79. The van der Waals surface area contributed by atoms with Gasteiger partial charge in [0.2, 0.25) is 0 Å². The zero-order valence-corrected chi connectivity index (χ0v) is 10.6. The summed E-state index contributed by atoms with van der Waals surface area (Å²) in [6.07, 6.45) is -0.830. The van der Waals surface area contributed by atoms with Crippen molar-refractivity contribution in [3.8, 4) is 5.75 Å². The Kier molecular flexibility index (Phi) is 4.91. The zero-order chi connectivity index (χ0) is 13.7. The zero-order valence-electron chi connectivity index (χ0n) is 9.88. The highest BCUT2D eigenvalue weighted by Crippen LogP contribution is 2.29. The molecule has 0 saturated carbocycles. The molecule has 1 atom stereocenters. The van der Waals surface area contributed by atoms with Crippen LogP contribution in [0.15, 0.2) is 18.2 Å². The summed E-state index contributed by atoms with van der Waals surface area (Å²) in [5, 5.41) is 10.6. The molecule has 1 rings (SSSR count). The molecule has 18 heavy (non-hydrogen) atoms. The Morgan fingerprint density at radius 2 is 2.22 bits per heavy atom. The Hall–Kier alpha value is -1.82. The summed E-state index contributed by atoms with van der Waals surface area (Å²) >= 11 is 5.82. The molecule has 0 aliphatic carbocycles. The summed E-state index contributed by atoms with van der Waals surface area (Å²) < 4.78 is 10.0. The van der Waals surface area contributed by atoms with Crippen molar-refractivity contribution in [1.82, 2.24) is 0 Å². The van der Waals surface area contributed by atoms with Crippen LogP contribution in [-0.4, -0.2) is 23.6 Å². The Morgan fingerprint density at radius 1 is 1.56 bits per heavy atom. The molecular formula is C11H12ClNO5. The third-order valence-electron chi connectivity index (χ3n) is 2.05. The van der Waals surface area contributed by atoms with Crippen molar-refractivity contribution < 1.29 is 19.2 Å². The molecule has 0 unspecified atom stereocenters. The lowest BCUT2D eigenvalue weighted by atomic mass is 10.3. The number of halogens is 1. The van der Waals surface area contributed by atoms with Gasteiger partial charge in [0.1, 0.15) is 5.75 Å². The van der Waals surface area contributed by atoms with Gasteiger partial charge < -0.3 is 9.47 Å². The first-order valence-corrected chi connectivity index (χ1v) is 5.60. The van der Waals surface area contributed by atoms with Crippen LogP contribution in [0, 0.1) is 10.1 Å². The molecule has 0 saturated heterocycles. The maximum absolute atomic E-state index is 11.3. The molecule has 0 heterocycles. The third kappa shape index (κ3) is 3.59. The summed E-state index contributed by atoms with van der Waals surface area (Å²) in [6, 6.07) is 3.75. The summed E-state index contributed by atoms with van der Waals surface area (Å²) in [6.45, 7) is 3.44. The van der Waals surface area contributed by atoms with Gasteiger partial charge >= 0.3 is 5.97 Å². The molecule has 0 aliphatic rings. The number of benzene rings is 1. The summed E-state index contributed by atoms with van der Waals surface area (Å²) in [5.41, 5.74) is -0.142. The molecule has 0 bridgehead atoms. The highest BCUT2D eigenvalue weighted by atomic mass is 35.5. The Balaban J connectivity index is 2.79. The van der Waals surface area contributed by atoms with E-state index in [2.05, 4.69) is 0 Å². The maximum Gasteiger partial charge on any atom is 0.347 e. The molecule has 0 N–H and O–H groups in total. The predicted octanol–water partition coefficient (Wildman–Crippen LogP) is 2.58. The number of hydrogen-bond acceptors (Lipinski definition) is 5. The largest absolute Gasteiger partial charge is 0.477 e. The number of carbonyl (C=O) groups is 1. The first-order chi connectivity index (χ1) is 8.45. The summed E-state index contributed by atoms with van der Waals surface area (Å²) in [5.74, 6) is -0.324. The lowest BCUT2D eigenvalue weighted by Crippen LogP contribution is -2.26. The minimum Gasteiger partial charge on any atom is -0.477 e. The van der Waals surface area contributed by atoms with Crippen LogP contribution >= 0.6 is 11.6 Å². The van der Waals surface area contributed by atoms with Gasteiger partial charge in [0.15, 0.2) is 6.10 Å². The lowest BCUT2D eigenvalue weighted by Gasteiger charge is -2.14. The number of nitrogens with zero attached hydrogens (tertiary/aromatic N) is 1. The van der Waals surface area contributed by atoms with Crippen LogP contribution in [0.4, 0.5) is 5.69 Å². The second kappa shape index (κ2) is 6.20. The molecule has 0 radical (unpaired) electrons. The molecule has 0 spiro atoms. The molecule has 7 heteroatoms. The molecule has 1 aromatic rings. The fraction of sp³-hybridized carbons (Fsp3) is 0.364. The van der Waals surface area contributed by atoms with E-state index < -0.39 is 17.0 Å². The highest BCUT2D eigenvalue weighted by Gasteiger charge is 2.18. The average molecular weight is 274 g/mol.